The second-order valence-electron chi connectivity index (χ2n) is 6.43. The van der Waals surface area contributed by atoms with E-state index in [1.807, 2.05) is 18.2 Å². The highest BCUT2D eigenvalue weighted by Crippen LogP contribution is 2.27. The van der Waals surface area contributed by atoms with Crippen LogP contribution in [0.4, 0.5) is 5.69 Å². The quantitative estimate of drug-likeness (QED) is 0.937. The van der Waals surface area contributed by atoms with E-state index in [-0.39, 0.29) is 0 Å². The van der Waals surface area contributed by atoms with Crippen LogP contribution in [0.15, 0.2) is 42.9 Å². The fraction of sp³-hybridized carbons (Fsp3) is 0.444. The molecule has 1 N–H and O–H groups in total. The molecule has 2 heterocycles. The third-order valence-electron chi connectivity index (χ3n) is 4.56. The first kappa shape index (κ1) is 15.7. The van der Waals surface area contributed by atoms with Gasteiger partial charge < -0.3 is 15.0 Å². The molecule has 122 valence electrons. The zero-order chi connectivity index (χ0) is 16.2. The third kappa shape index (κ3) is 3.99. The van der Waals surface area contributed by atoms with Gasteiger partial charge in [-0.15, -0.1) is 0 Å². The van der Waals surface area contributed by atoms with Crippen molar-refractivity contribution in [3.8, 4) is 11.6 Å². The maximum atomic E-state index is 5.75. The van der Waals surface area contributed by atoms with Crippen molar-refractivity contribution in [2.45, 2.75) is 32.4 Å². The Labute approximate surface area is 137 Å². The Morgan fingerprint density at radius 3 is 2.91 bits per heavy atom. The molecule has 5 nitrogen and oxygen atoms in total. The van der Waals surface area contributed by atoms with Crippen LogP contribution >= 0.6 is 0 Å². The van der Waals surface area contributed by atoms with Crippen molar-refractivity contribution in [1.29, 1.82) is 0 Å². The molecule has 3 atom stereocenters. The summed E-state index contributed by atoms with van der Waals surface area (Å²) in [5, 5.41) is 3.67. The van der Waals surface area contributed by atoms with Crippen molar-refractivity contribution in [1.82, 2.24) is 14.9 Å². The van der Waals surface area contributed by atoms with E-state index in [1.165, 1.54) is 0 Å². The van der Waals surface area contributed by atoms with E-state index in [1.54, 1.807) is 18.6 Å². The van der Waals surface area contributed by atoms with E-state index in [0.29, 0.717) is 23.9 Å². The number of nitrogens with zero attached hydrogens (tertiary/aromatic N) is 3. The van der Waals surface area contributed by atoms with E-state index in [0.717, 1.165) is 24.4 Å². The number of anilines is 1. The summed E-state index contributed by atoms with van der Waals surface area (Å²) in [5.41, 5.74) is 1.08. The van der Waals surface area contributed by atoms with Gasteiger partial charge in [-0.05, 0) is 38.4 Å². The predicted molar refractivity (Wildman–Crippen MR) is 91.8 cm³/mol. The maximum Gasteiger partial charge on any atom is 0.237 e. The number of hydrogen-bond acceptors (Lipinski definition) is 5. The van der Waals surface area contributed by atoms with Crippen molar-refractivity contribution in [3.63, 3.8) is 0 Å². The third-order valence-corrected chi connectivity index (χ3v) is 4.56. The molecular weight excluding hydrogens is 288 g/mol. The fourth-order valence-electron chi connectivity index (χ4n) is 3.06. The standard InChI is InChI=1S/C18H24N4O/c1-13-12-22(3)14(2)9-17(13)21-15-5-4-6-16(10-15)23-18-11-19-7-8-20-18/h4-8,10-11,13-14,17,21H,9,12H2,1-3H3. The first-order valence-corrected chi connectivity index (χ1v) is 8.12. The van der Waals surface area contributed by atoms with Gasteiger partial charge in [-0.1, -0.05) is 13.0 Å². The van der Waals surface area contributed by atoms with Crippen LogP contribution in [0.1, 0.15) is 20.3 Å². The molecule has 3 rings (SSSR count). The number of ether oxygens (including phenoxy) is 1. The minimum atomic E-state index is 0.480. The SMILES string of the molecule is CC1CN(C)C(C)CC1Nc1cccc(Oc2cnccn2)c1. The Kier molecular flexibility index (Phi) is 4.76. The molecule has 1 saturated heterocycles. The molecule has 3 unspecified atom stereocenters. The molecule has 1 fully saturated rings. The van der Waals surface area contributed by atoms with Gasteiger partial charge >= 0.3 is 0 Å². The highest BCUT2D eigenvalue weighted by Gasteiger charge is 2.28. The van der Waals surface area contributed by atoms with E-state index in [9.17, 15) is 0 Å². The summed E-state index contributed by atoms with van der Waals surface area (Å²) in [6.45, 7) is 5.71. The van der Waals surface area contributed by atoms with Gasteiger partial charge in [0.1, 0.15) is 5.75 Å². The molecular formula is C18H24N4O. The average molecular weight is 312 g/mol. The highest BCUT2D eigenvalue weighted by molar-refractivity contribution is 5.49. The molecule has 0 bridgehead atoms. The van der Waals surface area contributed by atoms with Crippen molar-refractivity contribution in [2.24, 2.45) is 5.92 Å². The summed E-state index contributed by atoms with van der Waals surface area (Å²) < 4.78 is 5.75. The molecule has 1 aromatic heterocycles. The monoisotopic (exact) mass is 312 g/mol. The van der Waals surface area contributed by atoms with Crippen LogP contribution in [-0.4, -0.2) is 40.5 Å². The second-order valence-corrected chi connectivity index (χ2v) is 6.43. The number of benzene rings is 1. The van der Waals surface area contributed by atoms with Crippen LogP contribution in [0.3, 0.4) is 0 Å². The van der Waals surface area contributed by atoms with Gasteiger partial charge in [0.2, 0.25) is 5.88 Å². The number of aromatic nitrogens is 2. The van der Waals surface area contributed by atoms with Crippen LogP contribution in [0.25, 0.3) is 0 Å². The predicted octanol–water partition coefficient (Wildman–Crippen LogP) is 3.41. The van der Waals surface area contributed by atoms with Crippen molar-refractivity contribution in [2.75, 3.05) is 18.9 Å². The molecule has 0 amide bonds. The first-order valence-electron chi connectivity index (χ1n) is 8.12. The van der Waals surface area contributed by atoms with Crippen LogP contribution in [0.2, 0.25) is 0 Å². The zero-order valence-corrected chi connectivity index (χ0v) is 13.9. The number of piperidine rings is 1. The van der Waals surface area contributed by atoms with E-state index >= 15 is 0 Å². The minimum Gasteiger partial charge on any atom is -0.437 e. The van der Waals surface area contributed by atoms with Crippen LogP contribution in [-0.2, 0) is 0 Å². The Morgan fingerprint density at radius 2 is 2.13 bits per heavy atom. The van der Waals surface area contributed by atoms with Gasteiger partial charge in [0.05, 0.1) is 6.20 Å². The Balaban J connectivity index is 1.68. The lowest BCUT2D eigenvalue weighted by Gasteiger charge is -2.40. The smallest absolute Gasteiger partial charge is 0.237 e. The lowest BCUT2D eigenvalue weighted by atomic mass is 9.89. The summed E-state index contributed by atoms with van der Waals surface area (Å²) in [7, 11) is 2.20. The molecule has 1 aromatic carbocycles. The van der Waals surface area contributed by atoms with Gasteiger partial charge in [0, 0.05) is 42.8 Å². The van der Waals surface area contributed by atoms with Crippen LogP contribution in [0, 0.1) is 5.92 Å². The van der Waals surface area contributed by atoms with E-state index in [4.69, 9.17) is 4.74 Å². The summed E-state index contributed by atoms with van der Waals surface area (Å²) in [4.78, 5) is 10.6. The van der Waals surface area contributed by atoms with Crippen molar-refractivity contribution >= 4 is 5.69 Å². The van der Waals surface area contributed by atoms with Gasteiger partial charge in [-0.3, -0.25) is 4.98 Å². The van der Waals surface area contributed by atoms with Gasteiger partial charge in [0.25, 0.3) is 0 Å². The van der Waals surface area contributed by atoms with Crippen LogP contribution < -0.4 is 10.1 Å². The van der Waals surface area contributed by atoms with Crippen molar-refractivity contribution in [3.05, 3.63) is 42.9 Å². The Morgan fingerprint density at radius 1 is 1.26 bits per heavy atom. The number of likely N-dealkylation sites (tertiary alicyclic amines) is 1. The van der Waals surface area contributed by atoms with Crippen LogP contribution in [0.5, 0.6) is 11.6 Å². The second kappa shape index (κ2) is 6.96. The lowest BCUT2D eigenvalue weighted by Crippen LogP contribution is -2.48. The molecule has 0 saturated carbocycles. The zero-order valence-electron chi connectivity index (χ0n) is 13.9. The topological polar surface area (TPSA) is 50.3 Å². The number of nitrogens with one attached hydrogen (secondary N) is 1. The van der Waals surface area contributed by atoms with Crippen molar-refractivity contribution < 1.29 is 4.74 Å². The summed E-state index contributed by atoms with van der Waals surface area (Å²) in [6.07, 6.45) is 6.01. The summed E-state index contributed by atoms with van der Waals surface area (Å²) >= 11 is 0. The molecule has 2 aromatic rings. The van der Waals surface area contributed by atoms with Gasteiger partial charge in [-0.2, -0.15) is 0 Å². The molecule has 1 aliphatic rings. The Bertz CT molecular complexity index is 634. The number of hydrogen-bond donors (Lipinski definition) is 1. The summed E-state index contributed by atoms with van der Waals surface area (Å²) in [5.74, 6) is 1.89. The molecule has 23 heavy (non-hydrogen) atoms. The normalized spacial score (nSPS) is 25.1. The largest absolute Gasteiger partial charge is 0.437 e. The van der Waals surface area contributed by atoms with Gasteiger partial charge in [0.15, 0.2) is 0 Å². The molecule has 0 radical (unpaired) electrons. The number of rotatable bonds is 4. The first-order chi connectivity index (χ1) is 11.1. The molecule has 0 spiro atoms. The highest BCUT2D eigenvalue weighted by atomic mass is 16.5. The lowest BCUT2D eigenvalue weighted by molar-refractivity contribution is 0.145. The Hall–Kier alpha value is -2.14. The maximum absolute atomic E-state index is 5.75. The van der Waals surface area contributed by atoms with Gasteiger partial charge in [-0.25, -0.2) is 4.98 Å². The van der Waals surface area contributed by atoms with E-state index in [2.05, 4.69) is 47.1 Å². The average Bonchev–Trinajstić information content (AvgIpc) is 2.54. The molecule has 0 aliphatic carbocycles. The molecule has 1 aliphatic heterocycles. The fourth-order valence-corrected chi connectivity index (χ4v) is 3.06. The van der Waals surface area contributed by atoms with E-state index < -0.39 is 0 Å². The minimum absolute atomic E-state index is 0.480. The molecule has 5 heteroatoms. The summed E-state index contributed by atoms with van der Waals surface area (Å²) in [6, 6.07) is 9.11.